The van der Waals surface area contributed by atoms with E-state index in [-0.39, 0.29) is 18.3 Å². The molecule has 1 atom stereocenters. The van der Waals surface area contributed by atoms with Gasteiger partial charge in [0.25, 0.3) is 5.91 Å². The second-order valence-electron chi connectivity index (χ2n) is 5.85. The molecule has 1 saturated heterocycles. The first-order valence-corrected chi connectivity index (χ1v) is 9.76. The fourth-order valence-corrected chi connectivity index (χ4v) is 4.47. The highest BCUT2D eigenvalue weighted by molar-refractivity contribution is 7.89. The standard InChI is InChI=1S/C16H23N3O5S/c1-2-10-25(22,23)19-9-3-4-14(19)16(21)18-12-5-7-13(8-6-12)24-11-15(17)20/h5-8,14H,2-4,9-11H2,1H3,(H2,17,20)(H,18,21). The average Bonchev–Trinajstić information content (AvgIpc) is 3.05. The summed E-state index contributed by atoms with van der Waals surface area (Å²) < 4.78 is 31.0. The maximum atomic E-state index is 12.5. The van der Waals surface area contributed by atoms with Crippen molar-refractivity contribution in [2.75, 3.05) is 24.2 Å². The number of nitrogens with one attached hydrogen (secondary N) is 1. The van der Waals surface area contributed by atoms with Crippen LogP contribution in [0, 0.1) is 0 Å². The van der Waals surface area contributed by atoms with Gasteiger partial charge in [-0.05, 0) is 43.5 Å². The van der Waals surface area contributed by atoms with Gasteiger partial charge in [0.1, 0.15) is 11.8 Å². The Bertz CT molecular complexity index is 718. The summed E-state index contributed by atoms with van der Waals surface area (Å²) in [4.78, 5) is 23.1. The summed E-state index contributed by atoms with van der Waals surface area (Å²) in [6.45, 7) is 1.95. The van der Waals surface area contributed by atoms with Crippen LogP contribution >= 0.6 is 0 Å². The number of primary amides is 1. The second kappa shape index (κ2) is 8.30. The van der Waals surface area contributed by atoms with E-state index in [1.807, 2.05) is 0 Å². The minimum atomic E-state index is -3.41. The normalized spacial score (nSPS) is 18.0. The van der Waals surface area contributed by atoms with E-state index in [2.05, 4.69) is 5.32 Å². The van der Waals surface area contributed by atoms with Crippen LogP contribution in [0.3, 0.4) is 0 Å². The fourth-order valence-electron chi connectivity index (χ4n) is 2.72. The van der Waals surface area contributed by atoms with Crippen molar-refractivity contribution in [3.8, 4) is 5.75 Å². The third kappa shape index (κ3) is 5.17. The average molecular weight is 369 g/mol. The van der Waals surface area contributed by atoms with Gasteiger partial charge >= 0.3 is 0 Å². The number of carbonyl (C=O) groups excluding carboxylic acids is 2. The Labute approximate surface area is 147 Å². The Balaban J connectivity index is 2.00. The van der Waals surface area contributed by atoms with Gasteiger partial charge in [0.2, 0.25) is 15.9 Å². The van der Waals surface area contributed by atoms with E-state index in [9.17, 15) is 18.0 Å². The number of rotatable bonds is 8. The summed E-state index contributed by atoms with van der Waals surface area (Å²) in [5, 5.41) is 2.73. The zero-order valence-electron chi connectivity index (χ0n) is 14.1. The summed E-state index contributed by atoms with van der Waals surface area (Å²) in [5.74, 6) is -0.428. The van der Waals surface area contributed by atoms with Gasteiger partial charge in [-0.25, -0.2) is 8.42 Å². The van der Waals surface area contributed by atoms with Crippen molar-refractivity contribution < 1.29 is 22.7 Å². The first-order valence-electron chi connectivity index (χ1n) is 8.15. The van der Waals surface area contributed by atoms with E-state index in [0.717, 1.165) is 0 Å². The zero-order chi connectivity index (χ0) is 18.4. The van der Waals surface area contributed by atoms with Crippen LogP contribution in [0.1, 0.15) is 26.2 Å². The maximum absolute atomic E-state index is 12.5. The van der Waals surface area contributed by atoms with Gasteiger partial charge < -0.3 is 15.8 Å². The van der Waals surface area contributed by atoms with Crippen LogP contribution in [-0.2, 0) is 19.6 Å². The number of hydrogen-bond donors (Lipinski definition) is 2. The Kier molecular flexibility index (Phi) is 6.38. The van der Waals surface area contributed by atoms with Crippen LogP contribution in [0.4, 0.5) is 5.69 Å². The molecule has 138 valence electrons. The minimum absolute atomic E-state index is 0.0443. The Morgan fingerprint density at radius 1 is 1.32 bits per heavy atom. The lowest BCUT2D eigenvalue weighted by atomic mass is 10.2. The monoisotopic (exact) mass is 369 g/mol. The molecule has 1 unspecified atom stereocenters. The minimum Gasteiger partial charge on any atom is -0.484 e. The summed E-state index contributed by atoms with van der Waals surface area (Å²) >= 11 is 0. The predicted octanol–water partition coefficient (Wildman–Crippen LogP) is 0.693. The molecule has 9 heteroatoms. The van der Waals surface area contributed by atoms with Gasteiger partial charge in [-0.3, -0.25) is 9.59 Å². The molecule has 8 nitrogen and oxygen atoms in total. The van der Waals surface area contributed by atoms with Crippen molar-refractivity contribution in [2.45, 2.75) is 32.2 Å². The van der Waals surface area contributed by atoms with Gasteiger partial charge in [0, 0.05) is 12.2 Å². The number of nitrogens with two attached hydrogens (primary N) is 1. The number of benzene rings is 1. The summed E-state index contributed by atoms with van der Waals surface area (Å²) in [6, 6.07) is 5.75. The molecule has 25 heavy (non-hydrogen) atoms. The van der Waals surface area contributed by atoms with Crippen molar-refractivity contribution in [2.24, 2.45) is 5.73 Å². The molecule has 0 aliphatic carbocycles. The molecule has 0 saturated carbocycles. The molecule has 1 heterocycles. The number of anilines is 1. The first-order chi connectivity index (χ1) is 11.8. The van der Waals surface area contributed by atoms with E-state index >= 15 is 0 Å². The van der Waals surface area contributed by atoms with E-state index in [0.29, 0.717) is 37.2 Å². The fraction of sp³-hybridized carbons (Fsp3) is 0.500. The molecule has 1 aliphatic heterocycles. The Morgan fingerprint density at radius 2 is 2.00 bits per heavy atom. The van der Waals surface area contributed by atoms with Crippen LogP contribution in [-0.4, -0.2) is 49.5 Å². The Hall–Kier alpha value is -2.13. The molecule has 2 amide bonds. The molecule has 1 aromatic carbocycles. The quantitative estimate of drug-likeness (QED) is 0.699. The Morgan fingerprint density at radius 3 is 2.60 bits per heavy atom. The van der Waals surface area contributed by atoms with E-state index in [4.69, 9.17) is 10.5 Å². The molecule has 3 N–H and O–H groups in total. The molecular weight excluding hydrogens is 346 g/mol. The number of sulfonamides is 1. The molecule has 2 rings (SSSR count). The van der Waals surface area contributed by atoms with E-state index in [1.54, 1.807) is 31.2 Å². The van der Waals surface area contributed by atoms with Crippen molar-refractivity contribution >= 4 is 27.5 Å². The van der Waals surface area contributed by atoms with Gasteiger partial charge in [-0.15, -0.1) is 0 Å². The number of hydrogen-bond acceptors (Lipinski definition) is 5. The highest BCUT2D eigenvalue weighted by Crippen LogP contribution is 2.24. The molecule has 1 fully saturated rings. The molecule has 0 aromatic heterocycles. The molecule has 0 radical (unpaired) electrons. The predicted molar refractivity (Wildman–Crippen MR) is 93.6 cm³/mol. The van der Waals surface area contributed by atoms with Gasteiger partial charge in [-0.2, -0.15) is 4.31 Å². The second-order valence-corrected chi connectivity index (χ2v) is 7.89. The third-order valence-corrected chi connectivity index (χ3v) is 5.90. The van der Waals surface area contributed by atoms with Gasteiger partial charge in [0.05, 0.1) is 5.75 Å². The summed E-state index contributed by atoms with van der Waals surface area (Å²) in [5.41, 5.74) is 5.53. The number of amides is 2. The lowest BCUT2D eigenvalue weighted by Crippen LogP contribution is -2.44. The lowest BCUT2D eigenvalue weighted by molar-refractivity contribution is -0.120. The van der Waals surface area contributed by atoms with Crippen molar-refractivity contribution in [1.82, 2.24) is 4.31 Å². The number of nitrogens with zero attached hydrogens (tertiary/aromatic N) is 1. The number of carbonyl (C=O) groups is 2. The summed E-state index contributed by atoms with van der Waals surface area (Å²) in [7, 11) is -3.41. The van der Waals surface area contributed by atoms with Crippen LogP contribution in [0.2, 0.25) is 0 Å². The molecule has 0 bridgehead atoms. The smallest absolute Gasteiger partial charge is 0.255 e. The molecule has 1 aromatic rings. The molecular formula is C16H23N3O5S. The topological polar surface area (TPSA) is 119 Å². The summed E-state index contributed by atoms with van der Waals surface area (Å²) in [6.07, 6.45) is 1.69. The molecule has 1 aliphatic rings. The van der Waals surface area contributed by atoms with E-state index < -0.39 is 22.0 Å². The highest BCUT2D eigenvalue weighted by atomic mass is 32.2. The van der Waals surface area contributed by atoms with Gasteiger partial charge in [0.15, 0.2) is 6.61 Å². The highest BCUT2D eigenvalue weighted by Gasteiger charge is 2.37. The number of ether oxygens (including phenoxy) is 1. The first kappa shape index (κ1) is 19.2. The zero-order valence-corrected chi connectivity index (χ0v) is 14.9. The van der Waals surface area contributed by atoms with E-state index in [1.165, 1.54) is 4.31 Å². The van der Waals surface area contributed by atoms with Crippen molar-refractivity contribution in [3.63, 3.8) is 0 Å². The van der Waals surface area contributed by atoms with Crippen molar-refractivity contribution in [1.29, 1.82) is 0 Å². The van der Waals surface area contributed by atoms with Gasteiger partial charge in [-0.1, -0.05) is 6.92 Å². The maximum Gasteiger partial charge on any atom is 0.255 e. The van der Waals surface area contributed by atoms with Crippen molar-refractivity contribution in [3.05, 3.63) is 24.3 Å². The largest absolute Gasteiger partial charge is 0.484 e. The van der Waals surface area contributed by atoms with Crippen LogP contribution in [0.5, 0.6) is 5.75 Å². The SMILES string of the molecule is CCCS(=O)(=O)N1CCCC1C(=O)Nc1ccc(OCC(N)=O)cc1. The van der Waals surface area contributed by atoms with Crippen LogP contribution < -0.4 is 15.8 Å². The van der Waals surface area contributed by atoms with Crippen LogP contribution in [0.25, 0.3) is 0 Å². The lowest BCUT2D eigenvalue weighted by Gasteiger charge is -2.23. The van der Waals surface area contributed by atoms with Crippen LogP contribution in [0.15, 0.2) is 24.3 Å². The molecule has 0 spiro atoms. The third-order valence-electron chi connectivity index (χ3n) is 3.83.